The molecule has 1 N–H and O–H groups in total. The van der Waals surface area contributed by atoms with Gasteiger partial charge in [0.05, 0.1) is 6.61 Å². The number of rotatable bonds is 6. The first-order valence-electron chi connectivity index (χ1n) is 10.6. The van der Waals surface area contributed by atoms with Gasteiger partial charge in [0.25, 0.3) is 0 Å². The van der Waals surface area contributed by atoms with Crippen LogP contribution in [0.25, 0.3) is 0 Å². The summed E-state index contributed by atoms with van der Waals surface area (Å²) in [6, 6.07) is 13.4. The Bertz CT molecular complexity index is 823. The van der Waals surface area contributed by atoms with E-state index in [0.29, 0.717) is 18.8 Å². The lowest BCUT2D eigenvalue weighted by Gasteiger charge is -2.31. The smallest absolute Gasteiger partial charge is 0.328 e. The van der Waals surface area contributed by atoms with Gasteiger partial charge in [0.15, 0.2) is 0 Å². The Morgan fingerprint density at radius 2 is 1.47 bits per heavy atom. The molecular formula is C26H37NO3. The van der Waals surface area contributed by atoms with Gasteiger partial charge in [0.1, 0.15) is 11.8 Å². The van der Waals surface area contributed by atoms with Gasteiger partial charge in [0, 0.05) is 6.42 Å². The lowest BCUT2D eigenvalue weighted by Crippen LogP contribution is -2.31. The number of carbonyl (C=O) groups excluding carboxylic acids is 1. The van der Waals surface area contributed by atoms with E-state index in [2.05, 4.69) is 41.5 Å². The number of phenols is 1. The highest BCUT2D eigenvalue weighted by molar-refractivity contribution is 5.78. The van der Waals surface area contributed by atoms with Crippen molar-refractivity contribution in [1.29, 1.82) is 0 Å². The third-order valence-corrected chi connectivity index (χ3v) is 5.28. The van der Waals surface area contributed by atoms with Crippen LogP contribution in [0.15, 0.2) is 42.5 Å². The zero-order chi connectivity index (χ0) is 22.7. The molecule has 30 heavy (non-hydrogen) atoms. The SMILES string of the molecule is CN(C)C(C(=O)OCCc1ccccc1)c1cc(C(C)(C)C)c(O)c(C(C)(C)C)c1. The van der Waals surface area contributed by atoms with E-state index in [1.54, 1.807) is 0 Å². The third-order valence-electron chi connectivity index (χ3n) is 5.28. The maximum absolute atomic E-state index is 13.1. The van der Waals surface area contributed by atoms with E-state index in [9.17, 15) is 9.90 Å². The van der Waals surface area contributed by atoms with Crippen molar-refractivity contribution in [2.75, 3.05) is 20.7 Å². The first-order chi connectivity index (χ1) is 13.8. The van der Waals surface area contributed by atoms with Gasteiger partial charge in [0.2, 0.25) is 0 Å². The summed E-state index contributed by atoms with van der Waals surface area (Å²) in [5.41, 5.74) is 3.16. The van der Waals surface area contributed by atoms with E-state index in [1.807, 2.05) is 61.5 Å². The van der Waals surface area contributed by atoms with Crippen LogP contribution in [0.2, 0.25) is 0 Å². The maximum Gasteiger partial charge on any atom is 0.328 e. The van der Waals surface area contributed by atoms with Crippen molar-refractivity contribution in [3.05, 3.63) is 64.7 Å². The lowest BCUT2D eigenvalue weighted by atomic mass is 9.77. The average Bonchev–Trinajstić information content (AvgIpc) is 2.61. The number of nitrogens with zero attached hydrogens (tertiary/aromatic N) is 1. The number of phenolic OH excluding ortho intramolecular Hbond substituents is 1. The molecule has 0 amide bonds. The van der Waals surface area contributed by atoms with E-state index in [4.69, 9.17) is 4.74 Å². The molecule has 0 heterocycles. The number of hydrogen-bond acceptors (Lipinski definition) is 4. The molecule has 2 rings (SSSR count). The molecule has 0 aliphatic carbocycles. The molecular weight excluding hydrogens is 374 g/mol. The maximum atomic E-state index is 13.1. The Morgan fingerprint density at radius 3 is 1.90 bits per heavy atom. The Hall–Kier alpha value is -2.33. The number of likely N-dealkylation sites (N-methyl/N-ethyl adjacent to an activating group) is 1. The zero-order valence-electron chi connectivity index (χ0n) is 19.7. The number of hydrogen-bond donors (Lipinski definition) is 1. The van der Waals surface area contributed by atoms with Crippen molar-refractivity contribution >= 4 is 5.97 Å². The monoisotopic (exact) mass is 411 g/mol. The Labute approximate surface area is 181 Å². The van der Waals surface area contributed by atoms with E-state index in [-0.39, 0.29) is 16.8 Å². The Morgan fingerprint density at radius 1 is 0.967 bits per heavy atom. The molecule has 0 bridgehead atoms. The highest BCUT2D eigenvalue weighted by Gasteiger charge is 2.31. The number of carbonyl (C=O) groups is 1. The zero-order valence-corrected chi connectivity index (χ0v) is 19.7. The summed E-state index contributed by atoms with van der Waals surface area (Å²) in [7, 11) is 3.76. The Balaban J connectivity index is 2.37. The van der Waals surface area contributed by atoms with Crippen LogP contribution in [0.3, 0.4) is 0 Å². The molecule has 0 saturated heterocycles. The summed E-state index contributed by atoms with van der Waals surface area (Å²) < 4.78 is 5.66. The largest absolute Gasteiger partial charge is 0.507 e. The van der Waals surface area contributed by atoms with E-state index in [1.165, 1.54) is 0 Å². The lowest BCUT2D eigenvalue weighted by molar-refractivity contribution is -0.149. The molecule has 164 valence electrons. The third kappa shape index (κ3) is 5.85. The van der Waals surface area contributed by atoms with Crippen LogP contribution in [0, 0.1) is 0 Å². The molecule has 1 unspecified atom stereocenters. The van der Waals surface area contributed by atoms with Crippen molar-refractivity contribution in [3.63, 3.8) is 0 Å². The molecule has 0 aliphatic rings. The molecule has 1 atom stereocenters. The molecule has 4 heteroatoms. The van der Waals surface area contributed by atoms with Crippen molar-refractivity contribution < 1.29 is 14.6 Å². The van der Waals surface area contributed by atoms with Crippen LogP contribution in [-0.4, -0.2) is 36.7 Å². The van der Waals surface area contributed by atoms with Gasteiger partial charge in [-0.3, -0.25) is 4.90 Å². The fraction of sp³-hybridized carbons (Fsp3) is 0.500. The van der Waals surface area contributed by atoms with E-state index >= 15 is 0 Å². The fourth-order valence-corrected chi connectivity index (χ4v) is 3.60. The minimum absolute atomic E-state index is 0.256. The normalized spacial score (nSPS) is 13.4. The van der Waals surface area contributed by atoms with Gasteiger partial charge in [-0.1, -0.05) is 71.9 Å². The summed E-state index contributed by atoms with van der Waals surface area (Å²) >= 11 is 0. The topological polar surface area (TPSA) is 49.8 Å². The number of benzene rings is 2. The van der Waals surface area contributed by atoms with Crippen molar-refractivity contribution in [2.24, 2.45) is 0 Å². The van der Waals surface area contributed by atoms with Gasteiger partial charge in [-0.05, 0) is 59.3 Å². The second kappa shape index (κ2) is 9.22. The molecule has 0 spiro atoms. The molecule has 0 saturated carbocycles. The molecule has 0 radical (unpaired) electrons. The molecule has 0 fully saturated rings. The second-order valence-corrected chi connectivity index (χ2v) is 10.2. The van der Waals surface area contributed by atoms with Crippen LogP contribution in [0.5, 0.6) is 5.75 Å². The quantitative estimate of drug-likeness (QED) is 0.649. The van der Waals surface area contributed by atoms with Gasteiger partial charge in [-0.2, -0.15) is 0 Å². The van der Waals surface area contributed by atoms with Crippen molar-refractivity contribution in [2.45, 2.75) is 64.8 Å². The van der Waals surface area contributed by atoms with Crippen LogP contribution in [0.1, 0.15) is 69.8 Å². The summed E-state index contributed by atoms with van der Waals surface area (Å²) in [5.74, 6) is 0.0371. The van der Waals surface area contributed by atoms with Crippen LogP contribution in [0.4, 0.5) is 0 Å². The fourth-order valence-electron chi connectivity index (χ4n) is 3.60. The molecule has 2 aromatic carbocycles. The number of aromatic hydroxyl groups is 1. The molecule has 2 aromatic rings. The Kier molecular flexibility index (Phi) is 7.36. The standard InChI is InChI=1S/C26H37NO3/c1-25(2,3)20-16-19(17-21(23(20)28)26(4,5)6)22(27(7)8)24(29)30-15-14-18-12-10-9-11-13-18/h9-13,16-17,22,28H,14-15H2,1-8H3. The summed E-state index contributed by atoms with van der Waals surface area (Å²) in [4.78, 5) is 14.9. The summed E-state index contributed by atoms with van der Waals surface area (Å²) in [5, 5.41) is 11.0. The minimum atomic E-state index is -0.538. The highest BCUT2D eigenvalue weighted by atomic mass is 16.5. The predicted molar refractivity (Wildman–Crippen MR) is 123 cm³/mol. The van der Waals surface area contributed by atoms with E-state index < -0.39 is 6.04 Å². The first-order valence-corrected chi connectivity index (χ1v) is 10.6. The highest BCUT2D eigenvalue weighted by Crippen LogP contribution is 2.41. The first kappa shape index (κ1) is 23.9. The van der Waals surface area contributed by atoms with Crippen molar-refractivity contribution in [3.8, 4) is 5.75 Å². The van der Waals surface area contributed by atoms with E-state index in [0.717, 1.165) is 22.3 Å². The predicted octanol–water partition coefficient (Wildman–Crippen LogP) is 5.38. The van der Waals surface area contributed by atoms with Gasteiger partial charge >= 0.3 is 5.97 Å². The average molecular weight is 412 g/mol. The summed E-state index contributed by atoms with van der Waals surface area (Å²) in [6.45, 7) is 12.8. The molecule has 0 aliphatic heterocycles. The minimum Gasteiger partial charge on any atom is -0.507 e. The number of esters is 1. The van der Waals surface area contributed by atoms with Gasteiger partial charge < -0.3 is 9.84 Å². The number of ether oxygens (including phenoxy) is 1. The molecule has 4 nitrogen and oxygen atoms in total. The van der Waals surface area contributed by atoms with Crippen LogP contribution < -0.4 is 0 Å². The molecule has 0 aromatic heterocycles. The van der Waals surface area contributed by atoms with Crippen LogP contribution >= 0.6 is 0 Å². The summed E-state index contributed by atoms with van der Waals surface area (Å²) in [6.07, 6.45) is 0.683. The van der Waals surface area contributed by atoms with Gasteiger partial charge in [-0.25, -0.2) is 4.79 Å². The van der Waals surface area contributed by atoms with Crippen LogP contribution in [-0.2, 0) is 26.8 Å². The van der Waals surface area contributed by atoms with Gasteiger partial charge in [-0.15, -0.1) is 0 Å². The van der Waals surface area contributed by atoms with Crippen molar-refractivity contribution in [1.82, 2.24) is 4.90 Å². The second-order valence-electron chi connectivity index (χ2n) is 10.2.